The van der Waals surface area contributed by atoms with Gasteiger partial charge in [0.05, 0.1) is 0 Å². The van der Waals surface area contributed by atoms with E-state index in [4.69, 9.17) is 11.6 Å². The summed E-state index contributed by atoms with van der Waals surface area (Å²) in [6.07, 6.45) is 0. The summed E-state index contributed by atoms with van der Waals surface area (Å²) in [5.74, 6) is 0. The van der Waals surface area contributed by atoms with Gasteiger partial charge in [0.15, 0.2) is 0 Å². The van der Waals surface area contributed by atoms with Crippen LogP contribution in [-0.4, -0.2) is 6.54 Å². The minimum atomic E-state index is 0.292. The van der Waals surface area contributed by atoms with Gasteiger partial charge in [-0.2, -0.15) is 0 Å². The standard InChI is InChI=1S/C15H18ClNS/c1-4-17-10(2)13-6-5-12(9-15(13)16)14-7-8-18-11(14)3/h5-10,17H,4H2,1-3H3. The Kier molecular flexibility index (Phi) is 4.44. The van der Waals surface area contributed by atoms with E-state index in [1.807, 2.05) is 0 Å². The lowest BCUT2D eigenvalue weighted by Gasteiger charge is -2.15. The second-order valence-electron chi connectivity index (χ2n) is 4.41. The average Bonchev–Trinajstić information content (AvgIpc) is 2.75. The summed E-state index contributed by atoms with van der Waals surface area (Å²) < 4.78 is 0. The highest BCUT2D eigenvalue weighted by atomic mass is 35.5. The van der Waals surface area contributed by atoms with Crippen LogP contribution in [-0.2, 0) is 0 Å². The van der Waals surface area contributed by atoms with Crippen LogP contribution in [0.4, 0.5) is 0 Å². The number of aryl methyl sites for hydroxylation is 1. The molecule has 18 heavy (non-hydrogen) atoms. The number of thiophene rings is 1. The predicted molar refractivity (Wildman–Crippen MR) is 81.6 cm³/mol. The monoisotopic (exact) mass is 279 g/mol. The van der Waals surface area contributed by atoms with Gasteiger partial charge in [-0.1, -0.05) is 30.7 Å². The van der Waals surface area contributed by atoms with E-state index < -0.39 is 0 Å². The van der Waals surface area contributed by atoms with Gasteiger partial charge in [0.25, 0.3) is 0 Å². The molecule has 0 bridgehead atoms. The topological polar surface area (TPSA) is 12.0 Å². The van der Waals surface area contributed by atoms with E-state index in [2.05, 4.69) is 55.7 Å². The Morgan fingerprint density at radius 2 is 2.11 bits per heavy atom. The maximum absolute atomic E-state index is 6.39. The molecule has 1 heterocycles. The molecular formula is C15H18ClNS. The van der Waals surface area contributed by atoms with Crippen molar-refractivity contribution in [2.45, 2.75) is 26.8 Å². The Labute approximate surface area is 118 Å². The van der Waals surface area contributed by atoms with Gasteiger partial charge in [0, 0.05) is 15.9 Å². The molecule has 1 nitrogen and oxygen atoms in total. The lowest BCUT2D eigenvalue weighted by atomic mass is 10.0. The van der Waals surface area contributed by atoms with Gasteiger partial charge >= 0.3 is 0 Å². The number of nitrogens with one attached hydrogen (secondary N) is 1. The first-order chi connectivity index (χ1) is 8.63. The highest BCUT2D eigenvalue weighted by Crippen LogP contribution is 2.32. The zero-order chi connectivity index (χ0) is 13.1. The van der Waals surface area contributed by atoms with Crippen molar-refractivity contribution in [1.82, 2.24) is 5.32 Å². The van der Waals surface area contributed by atoms with Gasteiger partial charge < -0.3 is 5.32 Å². The van der Waals surface area contributed by atoms with Crippen LogP contribution >= 0.6 is 22.9 Å². The van der Waals surface area contributed by atoms with Gasteiger partial charge in [-0.05, 0) is 54.6 Å². The summed E-state index contributed by atoms with van der Waals surface area (Å²) in [6, 6.07) is 8.80. The number of hydrogen-bond donors (Lipinski definition) is 1. The van der Waals surface area contributed by atoms with Crippen LogP contribution in [0.15, 0.2) is 29.6 Å². The number of hydrogen-bond acceptors (Lipinski definition) is 2. The van der Waals surface area contributed by atoms with Crippen LogP contribution in [0.5, 0.6) is 0 Å². The molecule has 0 spiro atoms. The molecule has 1 aromatic carbocycles. The second kappa shape index (κ2) is 5.87. The molecule has 0 amide bonds. The van der Waals surface area contributed by atoms with Crippen LogP contribution in [0.1, 0.15) is 30.3 Å². The van der Waals surface area contributed by atoms with E-state index in [0.717, 1.165) is 17.1 Å². The molecule has 1 unspecified atom stereocenters. The van der Waals surface area contributed by atoms with Gasteiger partial charge in [0.2, 0.25) is 0 Å². The fourth-order valence-corrected chi connectivity index (χ4v) is 3.21. The van der Waals surface area contributed by atoms with Crippen molar-refractivity contribution >= 4 is 22.9 Å². The molecule has 0 radical (unpaired) electrons. The van der Waals surface area contributed by atoms with Crippen molar-refractivity contribution in [2.75, 3.05) is 6.54 Å². The summed E-state index contributed by atoms with van der Waals surface area (Å²) in [7, 11) is 0. The van der Waals surface area contributed by atoms with Gasteiger partial charge in [-0.3, -0.25) is 0 Å². The largest absolute Gasteiger partial charge is 0.310 e. The quantitative estimate of drug-likeness (QED) is 0.826. The summed E-state index contributed by atoms with van der Waals surface area (Å²) in [5, 5.41) is 6.34. The summed E-state index contributed by atoms with van der Waals surface area (Å²) in [6.45, 7) is 7.33. The first-order valence-corrected chi connectivity index (χ1v) is 7.46. The Bertz CT molecular complexity index is 533. The molecule has 0 aliphatic carbocycles. The third kappa shape index (κ3) is 2.77. The van der Waals surface area contributed by atoms with Crippen molar-refractivity contribution < 1.29 is 0 Å². The van der Waals surface area contributed by atoms with Crippen LogP contribution in [0.2, 0.25) is 5.02 Å². The van der Waals surface area contributed by atoms with E-state index in [1.165, 1.54) is 16.0 Å². The van der Waals surface area contributed by atoms with Crippen molar-refractivity contribution in [1.29, 1.82) is 0 Å². The van der Waals surface area contributed by atoms with Crippen LogP contribution in [0.3, 0.4) is 0 Å². The molecule has 0 saturated heterocycles. The minimum Gasteiger partial charge on any atom is -0.310 e. The molecule has 96 valence electrons. The van der Waals surface area contributed by atoms with Gasteiger partial charge in [0.1, 0.15) is 0 Å². The van der Waals surface area contributed by atoms with Crippen LogP contribution in [0, 0.1) is 6.92 Å². The Morgan fingerprint density at radius 1 is 1.33 bits per heavy atom. The van der Waals surface area contributed by atoms with E-state index in [1.54, 1.807) is 11.3 Å². The molecular weight excluding hydrogens is 262 g/mol. The van der Waals surface area contributed by atoms with Crippen LogP contribution < -0.4 is 5.32 Å². The van der Waals surface area contributed by atoms with Crippen molar-refractivity contribution in [3.8, 4) is 11.1 Å². The van der Waals surface area contributed by atoms with Crippen molar-refractivity contribution in [3.63, 3.8) is 0 Å². The fraction of sp³-hybridized carbons (Fsp3) is 0.333. The second-order valence-corrected chi connectivity index (χ2v) is 5.93. The van der Waals surface area contributed by atoms with E-state index in [0.29, 0.717) is 6.04 Å². The number of halogens is 1. The average molecular weight is 280 g/mol. The van der Waals surface area contributed by atoms with Crippen molar-refractivity contribution in [3.05, 3.63) is 45.1 Å². The molecule has 0 aliphatic rings. The van der Waals surface area contributed by atoms with E-state index in [-0.39, 0.29) is 0 Å². The van der Waals surface area contributed by atoms with Crippen LogP contribution in [0.25, 0.3) is 11.1 Å². The third-order valence-electron chi connectivity index (χ3n) is 3.15. The molecule has 1 atom stereocenters. The number of benzene rings is 1. The van der Waals surface area contributed by atoms with E-state index in [9.17, 15) is 0 Å². The zero-order valence-electron chi connectivity index (χ0n) is 11.0. The maximum Gasteiger partial charge on any atom is 0.0459 e. The first kappa shape index (κ1) is 13.6. The van der Waals surface area contributed by atoms with Gasteiger partial charge in [-0.25, -0.2) is 0 Å². The molecule has 2 aromatic rings. The molecule has 2 rings (SSSR count). The highest BCUT2D eigenvalue weighted by molar-refractivity contribution is 7.10. The fourth-order valence-electron chi connectivity index (χ4n) is 2.15. The summed E-state index contributed by atoms with van der Waals surface area (Å²) in [5.41, 5.74) is 3.64. The molecule has 0 fully saturated rings. The molecule has 3 heteroatoms. The minimum absolute atomic E-state index is 0.292. The zero-order valence-corrected chi connectivity index (χ0v) is 12.5. The molecule has 0 saturated carbocycles. The lowest BCUT2D eigenvalue weighted by Crippen LogP contribution is -2.17. The molecule has 1 N–H and O–H groups in total. The molecule has 1 aromatic heterocycles. The normalized spacial score (nSPS) is 12.7. The summed E-state index contributed by atoms with van der Waals surface area (Å²) in [4.78, 5) is 1.33. The van der Waals surface area contributed by atoms with Gasteiger partial charge in [-0.15, -0.1) is 11.3 Å². The first-order valence-electron chi connectivity index (χ1n) is 6.20. The van der Waals surface area contributed by atoms with Crippen molar-refractivity contribution in [2.24, 2.45) is 0 Å². The summed E-state index contributed by atoms with van der Waals surface area (Å²) >= 11 is 8.16. The lowest BCUT2D eigenvalue weighted by molar-refractivity contribution is 0.598. The number of rotatable bonds is 4. The predicted octanol–water partition coefficient (Wildman–Crippen LogP) is 5.05. The SMILES string of the molecule is CCNC(C)c1ccc(-c2ccsc2C)cc1Cl. The Balaban J connectivity index is 2.33. The Hall–Kier alpha value is -0.830. The van der Waals surface area contributed by atoms with E-state index >= 15 is 0 Å². The smallest absolute Gasteiger partial charge is 0.0459 e. The third-order valence-corrected chi connectivity index (χ3v) is 4.32. The highest BCUT2D eigenvalue weighted by Gasteiger charge is 2.10. The maximum atomic E-state index is 6.39. The Morgan fingerprint density at radius 3 is 2.67 bits per heavy atom. The molecule has 0 aliphatic heterocycles.